The molecule has 0 bridgehead atoms. The number of ether oxygens (including phenoxy) is 2. The fourth-order valence-corrected chi connectivity index (χ4v) is 3.74. The normalized spacial score (nSPS) is 18.1. The van der Waals surface area contributed by atoms with Crippen LogP contribution in [-0.2, 0) is 9.53 Å². The first-order chi connectivity index (χ1) is 14.8. The van der Waals surface area contributed by atoms with Crippen molar-refractivity contribution in [2.45, 2.75) is 26.2 Å². The van der Waals surface area contributed by atoms with E-state index >= 15 is 0 Å². The lowest BCUT2D eigenvalue weighted by atomic mass is 10.1. The molecule has 6 nitrogen and oxygen atoms in total. The van der Waals surface area contributed by atoms with E-state index in [2.05, 4.69) is 11.8 Å². The van der Waals surface area contributed by atoms with E-state index in [1.807, 2.05) is 53.4 Å². The molecule has 4 rings (SSSR count). The monoisotopic (exact) mass is 407 g/mol. The molecule has 0 saturated carbocycles. The van der Waals surface area contributed by atoms with Crippen molar-refractivity contribution in [3.8, 4) is 5.75 Å². The zero-order valence-corrected chi connectivity index (χ0v) is 17.5. The van der Waals surface area contributed by atoms with E-state index in [-0.39, 0.29) is 5.91 Å². The highest BCUT2D eigenvalue weighted by atomic mass is 16.5. The van der Waals surface area contributed by atoms with Crippen LogP contribution in [0.25, 0.3) is 0 Å². The van der Waals surface area contributed by atoms with Gasteiger partial charge in [0.15, 0.2) is 0 Å². The maximum absolute atomic E-state index is 13.2. The lowest BCUT2D eigenvalue weighted by Gasteiger charge is -2.30. The summed E-state index contributed by atoms with van der Waals surface area (Å²) in [5.41, 5.74) is 3.05. The number of nitrogens with zero attached hydrogens (tertiary/aromatic N) is 3. The van der Waals surface area contributed by atoms with Crippen LogP contribution in [0, 0.1) is 0 Å². The average molecular weight is 408 g/mol. The number of benzene rings is 2. The van der Waals surface area contributed by atoms with Crippen molar-refractivity contribution in [1.82, 2.24) is 4.90 Å². The average Bonchev–Trinajstić information content (AvgIpc) is 3.04. The van der Waals surface area contributed by atoms with Gasteiger partial charge >= 0.3 is 0 Å². The number of anilines is 1. The van der Waals surface area contributed by atoms with Crippen molar-refractivity contribution in [3.63, 3.8) is 0 Å². The largest absolute Gasteiger partial charge is 0.494 e. The molecule has 0 atom stereocenters. The maximum Gasteiger partial charge on any atom is 0.278 e. The summed E-state index contributed by atoms with van der Waals surface area (Å²) in [6, 6.07) is 15.5. The van der Waals surface area contributed by atoms with Crippen LogP contribution in [0.15, 0.2) is 53.5 Å². The number of aliphatic imine (C=N–C) groups is 1. The lowest BCUT2D eigenvalue weighted by molar-refractivity contribution is -0.112. The molecule has 0 N–H and O–H groups in total. The molecule has 1 amide bonds. The van der Waals surface area contributed by atoms with Gasteiger partial charge in [0.2, 0.25) is 0 Å². The van der Waals surface area contributed by atoms with Gasteiger partial charge in [-0.3, -0.25) is 14.6 Å². The number of para-hydroxylation sites is 1. The van der Waals surface area contributed by atoms with Crippen LogP contribution < -0.4 is 9.64 Å². The second-order valence-corrected chi connectivity index (χ2v) is 7.63. The third kappa shape index (κ3) is 4.71. The minimum Gasteiger partial charge on any atom is -0.494 e. The van der Waals surface area contributed by atoms with E-state index in [4.69, 9.17) is 14.5 Å². The van der Waals surface area contributed by atoms with Gasteiger partial charge in [0.25, 0.3) is 5.91 Å². The summed E-state index contributed by atoms with van der Waals surface area (Å²) in [5, 5.41) is 0. The molecular formula is C24H29N3O3. The molecule has 0 radical (unpaired) electrons. The van der Waals surface area contributed by atoms with E-state index < -0.39 is 0 Å². The topological polar surface area (TPSA) is 54.4 Å². The number of hydrogen-bond acceptors (Lipinski definition) is 5. The van der Waals surface area contributed by atoms with E-state index in [9.17, 15) is 4.79 Å². The molecule has 2 aromatic carbocycles. The Bertz CT molecular complexity index is 889. The van der Waals surface area contributed by atoms with Gasteiger partial charge in [-0.1, -0.05) is 38.0 Å². The van der Waals surface area contributed by atoms with Crippen LogP contribution in [0.4, 0.5) is 11.4 Å². The minimum atomic E-state index is -0.0532. The van der Waals surface area contributed by atoms with Crippen molar-refractivity contribution >= 4 is 23.0 Å². The zero-order valence-electron chi connectivity index (χ0n) is 17.5. The first-order valence-corrected chi connectivity index (χ1v) is 10.8. The fraction of sp³-hybridized carbons (Fsp3) is 0.417. The molecule has 0 aromatic heterocycles. The number of carbonyl (C=O) groups excluding carboxylic acids is 1. The summed E-state index contributed by atoms with van der Waals surface area (Å²) >= 11 is 0. The number of amides is 1. The second kappa shape index (κ2) is 9.87. The van der Waals surface area contributed by atoms with Crippen LogP contribution in [0.5, 0.6) is 5.75 Å². The highest BCUT2D eigenvalue weighted by Gasteiger charge is 2.34. The molecule has 2 aromatic rings. The molecular weight excluding hydrogens is 378 g/mol. The lowest BCUT2D eigenvalue weighted by Crippen LogP contribution is -2.45. The van der Waals surface area contributed by atoms with Crippen LogP contribution in [0.2, 0.25) is 0 Å². The summed E-state index contributed by atoms with van der Waals surface area (Å²) < 4.78 is 11.2. The van der Waals surface area contributed by atoms with E-state index in [0.717, 1.165) is 48.8 Å². The Morgan fingerprint density at radius 1 is 1.03 bits per heavy atom. The second-order valence-electron chi connectivity index (χ2n) is 7.63. The maximum atomic E-state index is 13.2. The van der Waals surface area contributed by atoms with Crippen molar-refractivity contribution in [2.75, 3.05) is 44.5 Å². The third-order valence-electron chi connectivity index (χ3n) is 5.44. The van der Waals surface area contributed by atoms with Crippen molar-refractivity contribution in [2.24, 2.45) is 4.99 Å². The predicted octanol–water partition coefficient (Wildman–Crippen LogP) is 4.01. The third-order valence-corrected chi connectivity index (χ3v) is 5.44. The summed E-state index contributed by atoms with van der Waals surface area (Å²) in [6.45, 7) is 6.54. The first-order valence-electron chi connectivity index (χ1n) is 10.8. The number of hydrogen-bond donors (Lipinski definition) is 0. The van der Waals surface area contributed by atoms with Gasteiger partial charge in [-0.05, 0) is 36.8 Å². The molecule has 0 aliphatic carbocycles. The Morgan fingerprint density at radius 2 is 1.80 bits per heavy atom. The number of unbranched alkanes of at least 4 members (excludes halogenated alkanes) is 2. The smallest absolute Gasteiger partial charge is 0.278 e. The Kier molecular flexibility index (Phi) is 6.77. The van der Waals surface area contributed by atoms with Crippen LogP contribution >= 0.6 is 0 Å². The van der Waals surface area contributed by atoms with Crippen LogP contribution in [0.3, 0.4) is 0 Å². The summed E-state index contributed by atoms with van der Waals surface area (Å²) in [6.07, 6.45) is 3.41. The molecule has 2 aliphatic heterocycles. The quantitative estimate of drug-likeness (QED) is 0.621. The minimum absolute atomic E-state index is 0.0532. The molecule has 30 heavy (non-hydrogen) atoms. The first kappa shape index (κ1) is 20.6. The number of carbonyl (C=O) groups is 1. The number of fused-ring (bicyclic) bond motifs is 1. The van der Waals surface area contributed by atoms with Gasteiger partial charge in [0, 0.05) is 18.7 Å². The van der Waals surface area contributed by atoms with Gasteiger partial charge < -0.3 is 9.47 Å². The molecule has 0 unspecified atom stereocenters. The molecule has 158 valence electrons. The number of morpholine rings is 1. The highest BCUT2D eigenvalue weighted by molar-refractivity contribution is 6.54. The zero-order chi connectivity index (χ0) is 20.8. The Hall–Kier alpha value is -2.70. The molecule has 6 heteroatoms. The SMILES string of the molecule is CCCCCOc1ccc(N=C2C(=O)N(CN3CCOCC3)c3ccccc32)cc1. The summed E-state index contributed by atoms with van der Waals surface area (Å²) in [7, 11) is 0. The molecule has 1 saturated heterocycles. The summed E-state index contributed by atoms with van der Waals surface area (Å²) in [5.74, 6) is 0.782. The van der Waals surface area contributed by atoms with Gasteiger partial charge in [0.1, 0.15) is 11.5 Å². The van der Waals surface area contributed by atoms with Gasteiger partial charge in [-0.15, -0.1) is 0 Å². The van der Waals surface area contributed by atoms with E-state index in [1.54, 1.807) is 0 Å². The standard InChI is InChI=1S/C24H29N3O3/c1-2-3-6-15-30-20-11-9-19(10-12-20)25-23-21-7-4-5-8-22(21)27(24(23)28)18-26-13-16-29-17-14-26/h4-5,7-12H,2-3,6,13-18H2,1H3. The van der Waals surface area contributed by atoms with Gasteiger partial charge in [-0.25, -0.2) is 4.99 Å². The Labute approximate surface area is 178 Å². The Morgan fingerprint density at radius 3 is 2.57 bits per heavy atom. The number of rotatable bonds is 8. The molecule has 0 spiro atoms. The summed E-state index contributed by atoms with van der Waals surface area (Å²) in [4.78, 5) is 22.0. The van der Waals surface area contributed by atoms with Gasteiger partial charge in [0.05, 0.1) is 37.9 Å². The highest BCUT2D eigenvalue weighted by Crippen LogP contribution is 2.31. The Balaban J connectivity index is 1.50. The van der Waals surface area contributed by atoms with Crippen molar-refractivity contribution < 1.29 is 14.3 Å². The van der Waals surface area contributed by atoms with Crippen molar-refractivity contribution in [1.29, 1.82) is 0 Å². The van der Waals surface area contributed by atoms with Crippen LogP contribution in [0.1, 0.15) is 31.7 Å². The molecule has 2 aliphatic rings. The van der Waals surface area contributed by atoms with Crippen LogP contribution in [-0.4, -0.2) is 56.1 Å². The molecule has 2 heterocycles. The predicted molar refractivity (Wildman–Crippen MR) is 119 cm³/mol. The molecule has 1 fully saturated rings. The van der Waals surface area contributed by atoms with Crippen molar-refractivity contribution in [3.05, 3.63) is 54.1 Å². The fourth-order valence-electron chi connectivity index (χ4n) is 3.74. The van der Waals surface area contributed by atoms with E-state index in [1.165, 1.54) is 12.8 Å². The van der Waals surface area contributed by atoms with Gasteiger partial charge in [-0.2, -0.15) is 0 Å². The van der Waals surface area contributed by atoms with E-state index in [0.29, 0.717) is 25.6 Å².